The molecule has 0 spiro atoms. The maximum absolute atomic E-state index is 5.79. The molecule has 1 aliphatic rings. The van der Waals surface area contributed by atoms with E-state index in [9.17, 15) is 0 Å². The van der Waals surface area contributed by atoms with E-state index in [0.717, 1.165) is 24.7 Å². The Hall–Kier alpha value is -1.83. The maximum atomic E-state index is 5.79. The molecule has 8 heteroatoms. The van der Waals surface area contributed by atoms with Gasteiger partial charge in [0.25, 0.3) is 0 Å². The lowest BCUT2D eigenvalue weighted by atomic mass is 10.3. The second-order valence-corrected chi connectivity index (χ2v) is 4.77. The van der Waals surface area contributed by atoms with Gasteiger partial charge in [-0.2, -0.15) is 0 Å². The molecule has 3 heterocycles. The SMILES string of the molecule is CSc1nc(N)cc(N2CCn3cnnc3C2)n1. The molecule has 1 aliphatic heterocycles. The highest BCUT2D eigenvalue weighted by Gasteiger charge is 2.19. The lowest BCUT2D eigenvalue weighted by Gasteiger charge is -2.28. The van der Waals surface area contributed by atoms with Crippen LogP contribution in [0.15, 0.2) is 17.6 Å². The van der Waals surface area contributed by atoms with Crippen LogP contribution in [0.2, 0.25) is 0 Å². The van der Waals surface area contributed by atoms with Gasteiger partial charge in [-0.15, -0.1) is 10.2 Å². The van der Waals surface area contributed by atoms with Crippen LogP contribution in [0.25, 0.3) is 0 Å². The molecule has 0 saturated carbocycles. The van der Waals surface area contributed by atoms with E-state index >= 15 is 0 Å². The zero-order valence-electron chi connectivity index (χ0n) is 9.94. The van der Waals surface area contributed by atoms with E-state index in [0.29, 0.717) is 17.5 Å². The molecule has 2 aromatic heterocycles. The molecule has 0 saturated heterocycles. The maximum Gasteiger partial charge on any atom is 0.191 e. The van der Waals surface area contributed by atoms with Gasteiger partial charge >= 0.3 is 0 Å². The number of fused-ring (bicyclic) bond motifs is 1. The van der Waals surface area contributed by atoms with Gasteiger partial charge in [-0.1, -0.05) is 11.8 Å². The first kappa shape index (κ1) is 11.3. The van der Waals surface area contributed by atoms with Crippen LogP contribution in [0.3, 0.4) is 0 Å². The molecule has 7 nitrogen and oxygen atoms in total. The van der Waals surface area contributed by atoms with Gasteiger partial charge in [0.15, 0.2) is 11.0 Å². The van der Waals surface area contributed by atoms with Crippen molar-refractivity contribution in [2.24, 2.45) is 0 Å². The molecule has 0 aliphatic carbocycles. The summed E-state index contributed by atoms with van der Waals surface area (Å²) in [6.07, 6.45) is 3.69. The molecule has 94 valence electrons. The second kappa shape index (κ2) is 4.45. The highest BCUT2D eigenvalue weighted by Crippen LogP contribution is 2.22. The number of thioether (sulfide) groups is 1. The molecule has 3 rings (SSSR count). The fraction of sp³-hybridized carbons (Fsp3) is 0.400. The number of nitrogens with two attached hydrogens (primary N) is 1. The molecule has 2 N–H and O–H groups in total. The Morgan fingerprint density at radius 1 is 1.33 bits per heavy atom. The van der Waals surface area contributed by atoms with Crippen molar-refractivity contribution >= 4 is 23.4 Å². The first-order valence-electron chi connectivity index (χ1n) is 5.56. The number of aromatic nitrogens is 5. The summed E-state index contributed by atoms with van der Waals surface area (Å²) >= 11 is 1.49. The summed E-state index contributed by atoms with van der Waals surface area (Å²) in [5, 5.41) is 8.69. The number of hydrogen-bond acceptors (Lipinski definition) is 7. The van der Waals surface area contributed by atoms with Crippen LogP contribution >= 0.6 is 11.8 Å². The predicted molar refractivity (Wildman–Crippen MR) is 69.3 cm³/mol. The first-order chi connectivity index (χ1) is 8.76. The van der Waals surface area contributed by atoms with Gasteiger partial charge in [-0.25, -0.2) is 9.97 Å². The van der Waals surface area contributed by atoms with Crippen LogP contribution in [-0.4, -0.2) is 37.5 Å². The molecular formula is C10H13N7S. The van der Waals surface area contributed by atoms with Crippen molar-refractivity contribution in [3.05, 3.63) is 18.2 Å². The van der Waals surface area contributed by atoms with Crippen molar-refractivity contribution in [3.8, 4) is 0 Å². The van der Waals surface area contributed by atoms with Gasteiger partial charge in [0.05, 0.1) is 6.54 Å². The summed E-state index contributed by atoms with van der Waals surface area (Å²) in [6.45, 7) is 2.43. The largest absolute Gasteiger partial charge is 0.383 e. The second-order valence-electron chi connectivity index (χ2n) is 4.00. The molecular weight excluding hydrogens is 250 g/mol. The Balaban J connectivity index is 1.90. The molecule has 0 atom stereocenters. The molecule has 0 unspecified atom stereocenters. The molecule has 0 bridgehead atoms. The first-order valence-corrected chi connectivity index (χ1v) is 6.79. The summed E-state index contributed by atoms with van der Waals surface area (Å²) in [5.41, 5.74) is 5.79. The zero-order chi connectivity index (χ0) is 12.5. The van der Waals surface area contributed by atoms with Crippen LogP contribution in [0.1, 0.15) is 5.82 Å². The van der Waals surface area contributed by atoms with Crippen molar-refractivity contribution in [1.29, 1.82) is 0 Å². The number of hydrogen-bond donors (Lipinski definition) is 1. The molecule has 2 aromatic rings. The van der Waals surface area contributed by atoms with E-state index < -0.39 is 0 Å². The normalized spacial score (nSPS) is 14.6. The Morgan fingerprint density at radius 3 is 3.06 bits per heavy atom. The van der Waals surface area contributed by atoms with E-state index in [1.807, 2.05) is 6.26 Å². The average Bonchev–Trinajstić information content (AvgIpc) is 2.85. The Labute approximate surface area is 108 Å². The predicted octanol–water partition coefficient (Wildman–Crippen LogP) is 0.392. The van der Waals surface area contributed by atoms with E-state index in [2.05, 4.69) is 29.6 Å². The third-order valence-electron chi connectivity index (χ3n) is 2.86. The van der Waals surface area contributed by atoms with Crippen molar-refractivity contribution in [2.75, 3.05) is 23.4 Å². The minimum atomic E-state index is 0.497. The monoisotopic (exact) mass is 263 g/mol. The number of nitrogens with zero attached hydrogens (tertiary/aromatic N) is 6. The van der Waals surface area contributed by atoms with Crippen molar-refractivity contribution in [2.45, 2.75) is 18.2 Å². The Morgan fingerprint density at radius 2 is 2.22 bits per heavy atom. The van der Waals surface area contributed by atoms with E-state index in [1.165, 1.54) is 11.8 Å². The number of rotatable bonds is 2. The Bertz CT molecular complexity index is 567. The summed E-state index contributed by atoms with van der Waals surface area (Å²) < 4.78 is 2.05. The smallest absolute Gasteiger partial charge is 0.191 e. The quantitative estimate of drug-likeness (QED) is 0.619. The molecule has 0 fully saturated rings. The van der Waals surface area contributed by atoms with Crippen molar-refractivity contribution in [1.82, 2.24) is 24.7 Å². The van der Waals surface area contributed by atoms with E-state index in [1.54, 1.807) is 12.4 Å². The van der Waals surface area contributed by atoms with Crippen LogP contribution in [0.4, 0.5) is 11.6 Å². The van der Waals surface area contributed by atoms with Crippen LogP contribution in [0.5, 0.6) is 0 Å². The summed E-state index contributed by atoms with van der Waals surface area (Å²) in [4.78, 5) is 10.8. The number of anilines is 2. The van der Waals surface area contributed by atoms with Crippen molar-refractivity contribution in [3.63, 3.8) is 0 Å². The van der Waals surface area contributed by atoms with Gasteiger partial charge < -0.3 is 15.2 Å². The number of nitrogen functional groups attached to an aromatic ring is 1. The summed E-state index contributed by atoms with van der Waals surface area (Å²) in [5.74, 6) is 2.29. The van der Waals surface area contributed by atoms with Crippen LogP contribution in [0, 0.1) is 0 Å². The third-order valence-corrected chi connectivity index (χ3v) is 3.41. The minimum absolute atomic E-state index is 0.497. The van der Waals surface area contributed by atoms with E-state index in [-0.39, 0.29) is 0 Å². The third kappa shape index (κ3) is 1.99. The van der Waals surface area contributed by atoms with Gasteiger partial charge in [0.2, 0.25) is 0 Å². The van der Waals surface area contributed by atoms with Gasteiger partial charge in [0, 0.05) is 19.2 Å². The van der Waals surface area contributed by atoms with Crippen LogP contribution in [-0.2, 0) is 13.1 Å². The lowest BCUT2D eigenvalue weighted by molar-refractivity contribution is 0.554. The molecule has 0 amide bonds. The van der Waals surface area contributed by atoms with Crippen molar-refractivity contribution < 1.29 is 0 Å². The standard InChI is InChI=1S/C10H13N7S/c1-18-10-13-7(11)4-8(14-10)16-2-3-17-6-12-15-9(17)5-16/h4,6H,2-3,5H2,1H3,(H2,11,13,14). The van der Waals surface area contributed by atoms with E-state index in [4.69, 9.17) is 5.73 Å². The highest BCUT2D eigenvalue weighted by molar-refractivity contribution is 7.98. The van der Waals surface area contributed by atoms with Crippen LogP contribution < -0.4 is 10.6 Å². The molecule has 0 aromatic carbocycles. The summed E-state index contributed by atoms with van der Waals surface area (Å²) in [6, 6.07) is 1.80. The highest BCUT2D eigenvalue weighted by atomic mass is 32.2. The molecule has 18 heavy (non-hydrogen) atoms. The topological polar surface area (TPSA) is 85.8 Å². The fourth-order valence-electron chi connectivity index (χ4n) is 1.95. The molecule has 0 radical (unpaired) electrons. The lowest BCUT2D eigenvalue weighted by Crippen LogP contribution is -2.34. The van der Waals surface area contributed by atoms with Gasteiger partial charge in [-0.3, -0.25) is 0 Å². The zero-order valence-corrected chi connectivity index (χ0v) is 10.8. The van der Waals surface area contributed by atoms with Gasteiger partial charge in [0.1, 0.15) is 18.0 Å². The fourth-order valence-corrected chi connectivity index (χ4v) is 2.33. The van der Waals surface area contributed by atoms with Gasteiger partial charge in [-0.05, 0) is 6.26 Å². The average molecular weight is 263 g/mol. The minimum Gasteiger partial charge on any atom is -0.383 e. The summed E-state index contributed by atoms with van der Waals surface area (Å²) in [7, 11) is 0. The Kier molecular flexibility index (Phi) is 2.78.